The molecule has 1 aliphatic heterocycles. The maximum atomic E-state index is 14.2. The van der Waals surface area contributed by atoms with Gasteiger partial charge in [0.25, 0.3) is 5.95 Å². The molecule has 10 nitrogen and oxygen atoms in total. The number of amidine groups is 1. The molecule has 0 saturated heterocycles. The highest BCUT2D eigenvalue weighted by atomic mass is 19.4. The van der Waals surface area contributed by atoms with Gasteiger partial charge in [-0.15, -0.1) is 5.10 Å². The molecule has 266 valence electrons. The highest BCUT2D eigenvalue weighted by Gasteiger charge is 2.39. The molecule has 0 bridgehead atoms. The number of benzene rings is 3. The minimum Gasteiger partial charge on any atom is -0.367 e. The number of anilines is 2. The molecule has 1 aliphatic rings. The third kappa shape index (κ3) is 7.97. The smallest absolute Gasteiger partial charge is 0.367 e. The normalized spacial score (nSPS) is 15.3. The summed E-state index contributed by atoms with van der Waals surface area (Å²) in [6, 6.07) is 9.14. The summed E-state index contributed by atoms with van der Waals surface area (Å²) in [7, 11) is 1.41. The molecule has 2 heterocycles. The number of aryl methyl sites for hydroxylation is 2. The fraction of sp³-hybridized carbons (Fsp3) is 0.355. The average molecular weight is 713 g/mol. The lowest BCUT2D eigenvalue weighted by Gasteiger charge is -2.33. The number of rotatable bonds is 8. The molecule has 0 amide bonds. The second-order valence-electron chi connectivity index (χ2n) is 11.7. The van der Waals surface area contributed by atoms with Crippen molar-refractivity contribution in [1.82, 2.24) is 25.6 Å². The molecule has 3 N–H and O–H groups in total. The first-order chi connectivity index (χ1) is 23.3. The van der Waals surface area contributed by atoms with Gasteiger partial charge < -0.3 is 9.80 Å². The van der Waals surface area contributed by atoms with Gasteiger partial charge in [-0.3, -0.25) is 5.41 Å². The lowest BCUT2D eigenvalue weighted by Crippen LogP contribution is -2.30. The molecule has 0 aliphatic carbocycles. The van der Waals surface area contributed by atoms with Crippen LogP contribution in [0.4, 0.5) is 51.1 Å². The molecule has 3 aromatic carbocycles. The zero-order valence-electron chi connectivity index (χ0n) is 26.3. The minimum atomic E-state index is -5.10. The van der Waals surface area contributed by atoms with Gasteiger partial charge in [0.1, 0.15) is 5.84 Å². The molecular weight excluding hydrogens is 683 g/mol. The van der Waals surface area contributed by atoms with E-state index in [-0.39, 0.29) is 54.2 Å². The molecular formula is C31H29F9N10. The molecule has 0 spiro atoms. The van der Waals surface area contributed by atoms with Gasteiger partial charge in [0.15, 0.2) is 0 Å². The largest absolute Gasteiger partial charge is 0.416 e. The predicted octanol–water partition coefficient (Wildman–Crippen LogP) is 7.98. The van der Waals surface area contributed by atoms with Crippen LogP contribution in [0.2, 0.25) is 0 Å². The summed E-state index contributed by atoms with van der Waals surface area (Å²) in [6.45, 7) is 1.07. The number of alkyl halides is 9. The van der Waals surface area contributed by atoms with Gasteiger partial charge in [0.05, 0.1) is 29.8 Å². The Balaban J connectivity index is 1.63. The van der Waals surface area contributed by atoms with Crippen LogP contribution in [0.1, 0.15) is 63.4 Å². The van der Waals surface area contributed by atoms with Gasteiger partial charge in [0.2, 0.25) is 0 Å². The van der Waals surface area contributed by atoms with Crippen molar-refractivity contribution in [2.24, 2.45) is 12.3 Å². The molecule has 0 fully saturated rings. The molecule has 1 atom stereocenters. The summed E-state index contributed by atoms with van der Waals surface area (Å²) in [5, 5.41) is 22.8. The van der Waals surface area contributed by atoms with Crippen molar-refractivity contribution in [2.45, 2.75) is 57.4 Å². The van der Waals surface area contributed by atoms with E-state index in [2.05, 4.69) is 26.1 Å². The Labute approximate surface area is 278 Å². The number of nitrogens with zero attached hydrogens (tertiary/aromatic N) is 7. The maximum Gasteiger partial charge on any atom is 0.416 e. The van der Waals surface area contributed by atoms with Gasteiger partial charge >= 0.3 is 18.5 Å². The lowest BCUT2D eigenvalue weighted by atomic mass is 9.94. The van der Waals surface area contributed by atoms with Crippen LogP contribution in [0.15, 0.2) is 59.8 Å². The highest BCUT2D eigenvalue weighted by molar-refractivity contribution is 5.96. The quantitative estimate of drug-likeness (QED) is 0.0560. The van der Waals surface area contributed by atoms with Crippen molar-refractivity contribution in [3.63, 3.8) is 0 Å². The number of tetrazole rings is 1. The highest BCUT2D eigenvalue weighted by Crippen LogP contribution is 2.44. The maximum absolute atomic E-state index is 14.2. The number of hydrogen-bond acceptors (Lipinski definition) is 8. The second-order valence-corrected chi connectivity index (χ2v) is 11.7. The topological polar surface area (TPSA) is 122 Å². The summed E-state index contributed by atoms with van der Waals surface area (Å²) >= 11 is 0. The zero-order chi connectivity index (χ0) is 36.6. The Morgan fingerprint density at radius 2 is 1.56 bits per heavy atom. The van der Waals surface area contributed by atoms with Crippen LogP contribution in [0.25, 0.3) is 0 Å². The number of fused-ring (bicyclic) bond motifs is 1. The second kappa shape index (κ2) is 13.6. The first-order valence-electron chi connectivity index (χ1n) is 14.9. The number of halogens is 9. The summed E-state index contributed by atoms with van der Waals surface area (Å²) < 4.78 is 125. The molecule has 50 heavy (non-hydrogen) atoms. The Kier molecular flexibility index (Phi) is 9.80. The minimum absolute atomic E-state index is 0.0198. The van der Waals surface area contributed by atoms with Crippen molar-refractivity contribution in [2.75, 3.05) is 16.3 Å². The monoisotopic (exact) mass is 712 g/mol. The summed E-state index contributed by atoms with van der Waals surface area (Å²) in [5.41, 5.74) is 6.20. The third-order valence-corrected chi connectivity index (χ3v) is 8.20. The van der Waals surface area contributed by atoms with E-state index in [1.54, 1.807) is 29.2 Å². The van der Waals surface area contributed by atoms with Crippen molar-refractivity contribution >= 4 is 17.5 Å². The van der Waals surface area contributed by atoms with E-state index in [0.29, 0.717) is 35.2 Å². The first kappa shape index (κ1) is 36.1. The fourth-order valence-electron chi connectivity index (χ4n) is 5.94. The number of aromatic nitrogens is 4. The van der Waals surface area contributed by atoms with Crippen molar-refractivity contribution in [3.05, 3.63) is 99.1 Å². The Morgan fingerprint density at radius 3 is 2.10 bits per heavy atom. The molecule has 4 aromatic rings. The Bertz CT molecular complexity index is 1830. The molecule has 0 saturated carbocycles. The van der Waals surface area contributed by atoms with Crippen LogP contribution in [0.3, 0.4) is 0 Å². The third-order valence-electron chi connectivity index (χ3n) is 8.20. The van der Waals surface area contributed by atoms with E-state index < -0.39 is 47.8 Å². The fourth-order valence-corrected chi connectivity index (χ4v) is 5.94. The SMILES string of the molecule is Cc1cc2c(cc1C(F)(F)F)N(Cc1ccc(C(=N)NN=N)cc1)CCC[C@@H]2N(Cc1cc(C(F)(F)F)cc(C(F)(F)F)c1)c1nnn(C)n1. The van der Waals surface area contributed by atoms with Crippen LogP contribution < -0.4 is 15.2 Å². The summed E-state index contributed by atoms with van der Waals surface area (Å²) in [4.78, 5) is 4.13. The summed E-state index contributed by atoms with van der Waals surface area (Å²) in [5.74, 6) is -0.285. The van der Waals surface area contributed by atoms with Crippen LogP contribution in [0, 0.1) is 17.9 Å². The number of hydrogen-bond donors (Lipinski definition) is 3. The van der Waals surface area contributed by atoms with E-state index in [1.165, 1.54) is 24.9 Å². The number of nitrogens with one attached hydrogen (secondary N) is 3. The molecule has 0 unspecified atom stereocenters. The Morgan fingerprint density at radius 1 is 0.920 bits per heavy atom. The summed E-state index contributed by atoms with van der Waals surface area (Å²) in [6.07, 6.45) is -14.4. The van der Waals surface area contributed by atoms with Gasteiger partial charge in [-0.25, -0.2) is 5.43 Å². The van der Waals surface area contributed by atoms with E-state index in [1.807, 2.05) is 0 Å². The van der Waals surface area contributed by atoms with Crippen LogP contribution in [0.5, 0.6) is 0 Å². The van der Waals surface area contributed by atoms with Gasteiger partial charge in [-0.05, 0) is 71.5 Å². The average Bonchev–Trinajstić information content (AvgIpc) is 3.38. The van der Waals surface area contributed by atoms with Crippen molar-refractivity contribution in [3.8, 4) is 0 Å². The standard InChI is InChI=1S/C31H29F9N10/c1-17-10-23-25(50(28-44-47-48(2)45-28)16-19-11-21(29(32,33)34)13-22(12-19)30(35,36)37)4-3-9-49(26(23)14-24(17)31(38,39)40)15-18-5-7-20(8-6-18)27(41)43-46-42/h5-8,10-14,25H,3-4,9,15-16H2,1-2H3,(H3,41,42,43)/t25-/m0/s1. The van der Waals surface area contributed by atoms with Crippen LogP contribution in [-0.4, -0.2) is 32.6 Å². The van der Waals surface area contributed by atoms with Crippen molar-refractivity contribution < 1.29 is 39.5 Å². The molecule has 5 rings (SSSR count). The van der Waals surface area contributed by atoms with Gasteiger partial charge in [-0.2, -0.15) is 49.8 Å². The first-order valence-corrected chi connectivity index (χ1v) is 14.9. The van der Waals surface area contributed by atoms with Crippen LogP contribution in [-0.2, 0) is 38.7 Å². The van der Waals surface area contributed by atoms with E-state index >= 15 is 0 Å². The van der Waals surface area contributed by atoms with Crippen molar-refractivity contribution in [1.29, 1.82) is 10.9 Å². The van der Waals surface area contributed by atoms with Gasteiger partial charge in [-0.1, -0.05) is 40.7 Å². The van der Waals surface area contributed by atoms with E-state index in [4.69, 9.17) is 10.9 Å². The Hall–Kier alpha value is -5.23. The van der Waals surface area contributed by atoms with Gasteiger partial charge in [0, 0.05) is 30.9 Å². The van der Waals surface area contributed by atoms with E-state index in [0.717, 1.165) is 10.9 Å². The predicted molar refractivity (Wildman–Crippen MR) is 162 cm³/mol. The molecule has 1 aromatic heterocycles. The lowest BCUT2D eigenvalue weighted by molar-refractivity contribution is -0.143. The van der Waals surface area contributed by atoms with Crippen LogP contribution >= 0.6 is 0 Å². The molecule has 0 radical (unpaired) electrons. The zero-order valence-corrected chi connectivity index (χ0v) is 26.3. The van der Waals surface area contributed by atoms with E-state index in [9.17, 15) is 39.5 Å². The molecule has 19 heteroatoms.